The number of hydrogen-bond acceptors (Lipinski definition) is 1. The summed E-state index contributed by atoms with van der Waals surface area (Å²) in [5, 5.41) is 3.43. The first kappa shape index (κ1) is 8.38. The lowest BCUT2D eigenvalue weighted by Gasteiger charge is -2.16. The molecule has 62 valence electrons. The molecule has 11 heavy (non-hydrogen) atoms. The minimum Gasteiger partial charge on any atom is -0.386 e. The third-order valence-corrected chi connectivity index (χ3v) is 1.76. The largest absolute Gasteiger partial charge is 0.386 e. The van der Waals surface area contributed by atoms with Gasteiger partial charge in [-0.05, 0) is 39.7 Å². The second-order valence-electron chi connectivity index (χ2n) is 3.46. The van der Waals surface area contributed by atoms with E-state index < -0.39 is 0 Å². The molecule has 0 radical (unpaired) electrons. The lowest BCUT2D eigenvalue weighted by molar-refractivity contribution is 0.638. The predicted molar refractivity (Wildman–Crippen MR) is 49.3 cm³/mol. The SMILES string of the molecule is CC1=CCCC(NC(C)C)=C1. The highest BCUT2D eigenvalue weighted by Crippen LogP contribution is 2.14. The maximum Gasteiger partial charge on any atom is 0.0201 e. The van der Waals surface area contributed by atoms with Crippen LogP contribution in [0.1, 0.15) is 33.6 Å². The van der Waals surface area contributed by atoms with Crippen LogP contribution in [0, 0.1) is 0 Å². The summed E-state index contributed by atoms with van der Waals surface area (Å²) in [4.78, 5) is 0. The Morgan fingerprint density at radius 2 is 2.18 bits per heavy atom. The molecule has 0 aromatic rings. The Morgan fingerprint density at radius 3 is 2.73 bits per heavy atom. The maximum absolute atomic E-state index is 3.43. The molecule has 0 spiro atoms. The van der Waals surface area contributed by atoms with Crippen LogP contribution >= 0.6 is 0 Å². The zero-order valence-electron chi connectivity index (χ0n) is 7.65. The summed E-state index contributed by atoms with van der Waals surface area (Å²) in [6.07, 6.45) is 6.89. The Hall–Kier alpha value is -0.720. The minimum absolute atomic E-state index is 0.562. The molecule has 0 aliphatic heterocycles. The maximum atomic E-state index is 3.43. The first-order valence-corrected chi connectivity index (χ1v) is 4.32. The van der Waals surface area contributed by atoms with Gasteiger partial charge in [0, 0.05) is 11.7 Å². The molecule has 0 bridgehead atoms. The lowest BCUT2D eigenvalue weighted by Crippen LogP contribution is -2.22. The minimum atomic E-state index is 0.562. The fourth-order valence-corrected chi connectivity index (χ4v) is 1.35. The molecule has 0 saturated heterocycles. The summed E-state index contributed by atoms with van der Waals surface area (Å²) in [6.45, 7) is 6.50. The second-order valence-corrected chi connectivity index (χ2v) is 3.46. The van der Waals surface area contributed by atoms with E-state index in [1.54, 1.807) is 0 Å². The highest BCUT2D eigenvalue weighted by atomic mass is 14.9. The zero-order chi connectivity index (χ0) is 8.27. The van der Waals surface area contributed by atoms with Crippen molar-refractivity contribution in [3.63, 3.8) is 0 Å². The van der Waals surface area contributed by atoms with Crippen molar-refractivity contribution in [3.8, 4) is 0 Å². The topological polar surface area (TPSA) is 12.0 Å². The summed E-state index contributed by atoms with van der Waals surface area (Å²) in [7, 11) is 0. The van der Waals surface area contributed by atoms with Crippen LogP contribution in [0.25, 0.3) is 0 Å². The van der Waals surface area contributed by atoms with Gasteiger partial charge in [-0.2, -0.15) is 0 Å². The van der Waals surface area contributed by atoms with Crippen molar-refractivity contribution in [1.82, 2.24) is 5.32 Å². The molecule has 1 aliphatic carbocycles. The van der Waals surface area contributed by atoms with Crippen molar-refractivity contribution < 1.29 is 0 Å². The van der Waals surface area contributed by atoms with Crippen LogP contribution in [0.3, 0.4) is 0 Å². The van der Waals surface area contributed by atoms with Crippen LogP contribution in [0.4, 0.5) is 0 Å². The van der Waals surface area contributed by atoms with E-state index in [4.69, 9.17) is 0 Å². The van der Waals surface area contributed by atoms with E-state index in [2.05, 4.69) is 38.2 Å². The van der Waals surface area contributed by atoms with Crippen LogP contribution in [0.5, 0.6) is 0 Å². The van der Waals surface area contributed by atoms with Gasteiger partial charge in [-0.25, -0.2) is 0 Å². The quantitative estimate of drug-likeness (QED) is 0.639. The summed E-state index contributed by atoms with van der Waals surface area (Å²) < 4.78 is 0. The van der Waals surface area contributed by atoms with Crippen molar-refractivity contribution in [3.05, 3.63) is 23.4 Å². The average Bonchev–Trinajstić information content (AvgIpc) is 1.85. The van der Waals surface area contributed by atoms with Gasteiger partial charge in [-0.1, -0.05) is 11.6 Å². The van der Waals surface area contributed by atoms with Crippen LogP contribution in [0.2, 0.25) is 0 Å². The molecule has 1 heteroatoms. The van der Waals surface area contributed by atoms with Gasteiger partial charge in [-0.15, -0.1) is 0 Å². The summed E-state index contributed by atoms with van der Waals surface area (Å²) in [5.74, 6) is 0. The molecule has 0 amide bonds. The monoisotopic (exact) mass is 151 g/mol. The summed E-state index contributed by atoms with van der Waals surface area (Å²) in [5.41, 5.74) is 2.78. The van der Waals surface area contributed by atoms with E-state index in [1.165, 1.54) is 24.1 Å². The highest BCUT2D eigenvalue weighted by molar-refractivity contribution is 5.25. The zero-order valence-corrected chi connectivity index (χ0v) is 7.65. The molecule has 0 saturated carbocycles. The molecule has 1 rings (SSSR count). The normalized spacial score (nSPS) is 17.8. The van der Waals surface area contributed by atoms with E-state index in [9.17, 15) is 0 Å². The molecule has 0 atom stereocenters. The fourth-order valence-electron chi connectivity index (χ4n) is 1.35. The van der Waals surface area contributed by atoms with Crippen molar-refractivity contribution in [2.75, 3.05) is 0 Å². The standard InChI is InChI=1S/C10H17N/c1-8(2)11-10-6-4-5-9(3)7-10/h5,7-8,11H,4,6H2,1-3H3. The van der Waals surface area contributed by atoms with Crippen LogP contribution in [-0.4, -0.2) is 6.04 Å². The molecular weight excluding hydrogens is 134 g/mol. The fraction of sp³-hybridized carbons (Fsp3) is 0.600. The summed E-state index contributed by atoms with van der Waals surface area (Å²) in [6, 6.07) is 0.562. The molecule has 1 N–H and O–H groups in total. The van der Waals surface area contributed by atoms with Gasteiger partial charge in [-0.3, -0.25) is 0 Å². The van der Waals surface area contributed by atoms with E-state index in [-0.39, 0.29) is 0 Å². The van der Waals surface area contributed by atoms with Gasteiger partial charge in [0.25, 0.3) is 0 Å². The Kier molecular flexibility index (Phi) is 2.75. The van der Waals surface area contributed by atoms with Gasteiger partial charge in [0.15, 0.2) is 0 Å². The van der Waals surface area contributed by atoms with Crippen LogP contribution in [-0.2, 0) is 0 Å². The Morgan fingerprint density at radius 1 is 1.45 bits per heavy atom. The first-order chi connectivity index (χ1) is 5.18. The number of hydrogen-bond donors (Lipinski definition) is 1. The van der Waals surface area contributed by atoms with Crippen molar-refractivity contribution >= 4 is 0 Å². The van der Waals surface area contributed by atoms with E-state index in [0.29, 0.717) is 6.04 Å². The van der Waals surface area contributed by atoms with Gasteiger partial charge >= 0.3 is 0 Å². The van der Waals surface area contributed by atoms with Gasteiger partial charge in [0.1, 0.15) is 0 Å². The number of allylic oxidation sites excluding steroid dienone is 4. The van der Waals surface area contributed by atoms with Gasteiger partial charge in [0.2, 0.25) is 0 Å². The van der Waals surface area contributed by atoms with Crippen LogP contribution < -0.4 is 5.32 Å². The third-order valence-electron chi connectivity index (χ3n) is 1.76. The van der Waals surface area contributed by atoms with E-state index >= 15 is 0 Å². The molecule has 0 aromatic carbocycles. The molecular formula is C10H17N. The Labute approximate surface area is 69.2 Å². The molecule has 0 fully saturated rings. The summed E-state index contributed by atoms with van der Waals surface area (Å²) >= 11 is 0. The lowest BCUT2D eigenvalue weighted by atomic mass is 10.1. The highest BCUT2D eigenvalue weighted by Gasteiger charge is 2.02. The van der Waals surface area contributed by atoms with Crippen molar-refractivity contribution in [2.45, 2.75) is 39.7 Å². The average molecular weight is 151 g/mol. The second kappa shape index (κ2) is 3.61. The first-order valence-electron chi connectivity index (χ1n) is 4.32. The molecule has 1 aliphatic rings. The van der Waals surface area contributed by atoms with Crippen molar-refractivity contribution in [2.24, 2.45) is 0 Å². The Balaban J connectivity index is 2.51. The molecule has 0 aromatic heterocycles. The van der Waals surface area contributed by atoms with Crippen molar-refractivity contribution in [1.29, 1.82) is 0 Å². The van der Waals surface area contributed by atoms with Gasteiger partial charge < -0.3 is 5.32 Å². The third kappa shape index (κ3) is 2.79. The van der Waals surface area contributed by atoms with Crippen LogP contribution in [0.15, 0.2) is 23.4 Å². The Bertz CT molecular complexity index is 187. The number of nitrogens with one attached hydrogen (secondary N) is 1. The molecule has 0 heterocycles. The molecule has 0 unspecified atom stereocenters. The van der Waals surface area contributed by atoms with E-state index in [0.717, 1.165) is 0 Å². The molecule has 1 nitrogen and oxygen atoms in total. The van der Waals surface area contributed by atoms with Gasteiger partial charge in [0.05, 0.1) is 0 Å². The van der Waals surface area contributed by atoms with E-state index in [1.807, 2.05) is 0 Å². The number of rotatable bonds is 2. The predicted octanol–water partition coefficient (Wildman–Crippen LogP) is 2.61. The smallest absolute Gasteiger partial charge is 0.0201 e.